The Morgan fingerprint density at radius 1 is 1.30 bits per heavy atom. The van der Waals surface area contributed by atoms with E-state index in [9.17, 15) is 0 Å². The molecule has 1 aromatic heterocycles. The highest BCUT2D eigenvalue weighted by Crippen LogP contribution is 2.32. The maximum absolute atomic E-state index is 5.76. The fourth-order valence-electron chi connectivity index (χ4n) is 2.73. The molecule has 2 atom stereocenters. The zero-order valence-electron chi connectivity index (χ0n) is 11.6. The zero-order valence-corrected chi connectivity index (χ0v) is 13.1. The van der Waals surface area contributed by atoms with Crippen LogP contribution in [0, 0.1) is 0 Å². The summed E-state index contributed by atoms with van der Waals surface area (Å²) >= 11 is 3.48. The lowest BCUT2D eigenvalue weighted by Crippen LogP contribution is -2.18. The fourth-order valence-corrected chi connectivity index (χ4v) is 3.12. The molecule has 1 aliphatic heterocycles. The molecule has 0 amide bonds. The summed E-state index contributed by atoms with van der Waals surface area (Å²) in [6, 6.07) is 8.67. The summed E-state index contributed by atoms with van der Waals surface area (Å²) in [6.07, 6.45) is 4.96. The van der Waals surface area contributed by atoms with Crippen molar-refractivity contribution in [1.82, 2.24) is 10.3 Å². The van der Waals surface area contributed by atoms with Gasteiger partial charge in [-0.25, -0.2) is 0 Å². The number of rotatable bonds is 3. The molecule has 1 N–H and O–H groups in total. The Kier molecular flexibility index (Phi) is 3.76. The van der Waals surface area contributed by atoms with Gasteiger partial charge in [0.25, 0.3) is 0 Å². The average Bonchev–Trinajstić information content (AvgIpc) is 2.79. The van der Waals surface area contributed by atoms with Gasteiger partial charge in [-0.3, -0.25) is 4.98 Å². The highest BCUT2D eigenvalue weighted by molar-refractivity contribution is 9.10. The standard InChI is InChI=1S/C16H17BrN2O/c1-10-5-12-6-11(3-4-15(12)20-10)16(18-2)13-7-14(17)9-19-8-13/h3-4,6-10,16,18H,5H2,1-2H3. The first kappa shape index (κ1) is 13.6. The van der Waals surface area contributed by atoms with Gasteiger partial charge in [-0.2, -0.15) is 0 Å². The molecular formula is C16H17BrN2O. The van der Waals surface area contributed by atoms with Crippen molar-refractivity contribution in [3.05, 3.63) is 57.8 Å². The van der Waals surface area contributed by atoms with Crippen LogP contribution in [0.4, 0.5) is 0 Å². The Morgan fingerprint density at radius 3 is 2.90 bits per heavy atom. The van der Waals surface area contributed by atoms with Crippen molar-refractivity contribution in [2.24, 2.45) is 0 Å². The number of ether oxygens (including phenoxy) is 1. The van der Waals surface area contributed by atoms with Gasteiger partial charge in [-0.15, -0.1) is 0 Å². The molecule has 1 aromatic carbocycles. The van der Waals surface area contributed by atoms with Gasteiger partial charge in [-0.1, -0.05) is 12.1 Å². The van der Waals surface area contributed by atoms with Gasteiger partial charge < -0.3 is 10.1 Å². The second-order valence-corrected chi connectivity index (χ2v) is 6.07. The average molecular weight is 333 g/mol. The molecule has 0 bridgehead atoms. The maximum atomic E-state index is 5.76. The number of hydrogen-bond donors (Lipinski definition) is 1. The third kappa shape index (κ3) is 2.58. The molecule has 2 heterocycles. The molecule has 2 aromatic rings. The van der Waals surface area contributed by atoms with Crippen LogP contribution in [0.25, 0.3) is 0 Å². The monoisotopic (exact) mass is 332 g/mol. The minimum Gasteiger partial charge on any atom is -0.490 e. The summed E-state index contributed by atoms with van der Waals surface area (Å²) < 4.78 is 6.75. The lowest BCUT2D eigenvalue weighted by Gasteiger charge is -2.17. The van der Waals surface area contributed by atoms with Gasteiger partial charge in [0.1, 0.15) is 11.9 Å². The Labute approximate surface area is 127 Å². The normalized spacial score (nSPS) is 18.4. The minimum atomic E-state index is 0.140. The third-order valence-electron chi connectivity index (χ3n) is 3.60. The van der Waals surface area contributed by atoms with E-state index in [0.717, 1.165) is 22.2 Å². The number of halogens is 1. The predicted molar refractivity (Wildman–Crippen MR) is 83.1 cm³/mol. The highest BCUT2D eigenvalue weighted by Gasteiger charge is 2.21. The molecule has 0 aliphatic carbocycles. The molecular weight excluding hydrogens is 316 g/mol. The molecule has 104 valence electrons. The van der Waals surface area contributed by atoms with Crippen LogP contribution in [-0.2, 0) is 6.42 Å². The largest absolute Gasteiger partial charge is 0.490 e. The summed E-state index contributed by atoms with van der Waals surface area (Å²) in [5.74, 6) is 1.02. The molecule has 0 fully saturated rings. The third-order valence-corrected chi connectivity index (χ3v) is 4.04. The van der Waals surface area contributed by atoms with E-state index in [-0.39, 0.29) is 12.1 Å². The first-order valence-corrected chi connectivity index (χ1v) is 7.54. The van der Waals surface area contributed by atoms with Crippen LogP contribution in [0.3, 0.4) is 0 Å². The number of aromatic nitrogens is 1. The van der Waals surface area contributed by atoms with Gasteiger partial charge in [0.15, 0.2) is 0 Å². The Bertz CT molecular complexity index is 630. The van der Waals surface area contributed by atoms with Crippen molar-refractivity contribution in [2.75, 3.05) is 7.05 Å². The van der Waals surface area contributed by atoms with E-state index in [1.165, 1.54) is 11.1 Å². The second kappa shape index (κ2) is 5.54. The van der Waals surface area contributed by atoms with Crippen LogP contribution in [0.1, 0.15) is 29.7 Å². The summed E-state index contributed by atoms with van der Waals surface area (Å²) in [4.78, 5) is 4.25. The van der Waals surface area contributed by atoms with E-state index in [1.807, 2.05) is 13.2 Å². The quantitative estimate of drug-likeness (QED) is 0.934. The van der Waals surface area contributed by atoms with Crippen LogP contribution in [0.5, 0.6) is 5.75 Å². The molecule has 3 nitrogen and oxygen atoms in total. The summed E-state index contributed by atoms with van der Waals surface area (Å²) in [5.41, 5.74) is 3.68. The predicted octanol–water partition coefficient (Wildman–Crippen LogP) is 3.48. The lowest BCUT2D eigenvalue weighted by molar-refractivity contribution is 0.254. The van der Waals surface area contributed by atoms with E-state index in [2.05, 4.69) is 57.4 Å². The lowest BCUT2D eigenvalue weighted by atomic mass is 9.97. The Hall–Kier alpha value is -1.39. The van der Waals surface area contributed by atoms with Gasteiger partial charge in [0, 0.05) is 23.3 Å². The summed E-state index contributed by atoms with van der Waals surface area (Å²) in [7, 11) is 1.97. The summed E-state index contributed by atoms with van der Waals surface area (Å²) in [6.45, 7) is 2.10. The van der Waals surface area contributed by atoms with Crippen molar-refractivity contribution in [3.8, 4) is 5.75 Å². The van der Waals surface area contributed by atoms with Crippen molar-refractivity contribution in [3.63, 3.8) is 0 Å². The summed E-state index contributed by atoms with van der Waals surface area (Å²) in [5, 5.41) is 3.36. The highest BCUT2D eigenvalue weighted by atomic mass is 79.9. The number of hydrogen-bond acceptors (Lipinski definition) is 3. The number of benzene rings is 1. The van der Waals surface area contributed by atoms with Crippen molar-refractivity contribution < 1.29 is 4.74 Å². The molecule has 20 heavy (non-hydrogen) atoms. The number of nitrogens with one attached hydrogen (secondary N) is 1. The molecule has 0 saturated heterocycles. The topological polar surface area (TPSA) is 34.2 Å². The first-order chi connectivity index (χ1) is 9.67. The van der Waals surface area contributed by atoms with Gasteiger partial charge in [0.2, 0.25) is 0 Å². The van der Waals surface area contributed by atoms with Gasteiger partial charge in [0.05, 0.1) is 6.04 Å². The number of fused-ring (bicyclic) bond motifs is 1. The smallest absolute Gasteiger partial charge is 0.123 e. The SMILES string of the molecule is CNC(c1cncc(Br)c1)c1ccc2c(c1)CC(C)O2. The molecule has 0 radical (unpaired) electrons. The fraction of sp³-hybridized carbons (Fsp3) is 0.312. The molecule has 0 saturated carbocycles. The second-order valence-electron chi connectivity index (χ2n) is 5.16. The maximum Gasteiger partial charge on any atom is 0.123 e. The molecule has 3 rings (SSSR count). The van der Waals surface area contributed by atoms with Crippen molar-refractivity contribution in [2.45, 2.75) is 25.5 Å². The van der Waals surface area contributed by atoms with Crippen LogP contribution in [0.15, 0.2) is 41.1 Å². The van der Waals surface area contributed by atoms with E-state index in [1.54, 1.807) is 6.20 Å². The number of nitrogens with zero attached hydrogens (tertiary/aromatic N) is 1. The number of pyridine rings is 1. The van der Waals surface area contributed by atoms with Crippen LogP contribution < -0.4 is 10.1 Å². The Morgan fingerprint density at radius 2 is 2.15 bits per heavy atom. The van der Waals surface area contributed by atoms with E-state index >= 15 is 0 Å². The van der Waals surface area contributed by atoms with E-state index in [0.29, 0.717) is 0 Å². The minimum absolute atomic E-state index is 0.140. The van der Waals surface area contributed by atoms with Crippen LogP contribution >= 0.6 is 15.9 Å². The first-order valence-electron chi connectivity index (χ1n) is 6.74. The van der Waals surface area contributed by atoms with Crippen molar-refractivity contribution in [1.29, 1.82) is 0 Å². The van der Waals surface area contributed by atoms with Gasteiger partial charge >= 0.3 is 0 Å². The zero-order chi connectivity index (χ0) is 14.1. The van der Waals surface area contributed by atoms with Crippen LogP contribution in [-0.4, -0.2) is 18.1 Å². The molecule has 4 heteroatoms. The molecule has 2 unspecified atom stereocenters. The van der Waals surface area contributed by atoms with Crippen molar-refractivity contribution >= 4 is 15.9 Å². The molecule has 1 aliphatic rings. The van der Waals surface area contributed by atoms with Gasteiger partial charge in [-0.05, 0) is 58.7 Å². The van der Waals surface area contributed by atoms with E-state index < -0.39 is 0 Å². The molecule has 0 spiro atoms. The Balaban J connectivity index is 1.96. The van der Waals surface area contributed by atoms with Crippen LogP contribution in [0.2, 0.25) is 0 Å². The van der Waals surface area contributed by atoms with E-state index in [4.69, 9.17) is 4.74 Å².